The van der Waals surface area contributed by atoms with Crippen molar-refractivity contribution in [3.05, 3.63) is 87.4 Å². The molecule has 0 saturated carbocycles. The molecule has 8 heteroatoms. The zero-order chi connectivity index (χ0) is 23.8. The van der Waals surface area contributed by atoms with Gasteiger partial charge < -0.3 is 19.5 Å². The molecule has 3 aromatic carbocycles. The molecule has 1 amide bonds. The predicted molar refractivity (Wildman–Crippen MR) is 129 cm³/mol. The molecule has 0 aromatic heterocycles. The second-order valence-electron chi connectivity index (χ2n) is 6.80. The van der Waals surface area contributed by atoms with Gasteiger partial charge in [0, 0.05) is 10.7 Å². The van der Waals surface area contributed by atoms with E-state index in [0.717, 1.165) is 5.56 Å². The van der Waals surface area contributed by atoms with E-state index in [1.165, 1.54) is 13.2 Å². The third-order valence-electron chi connectivity index (χ3n) is 4.57. The number of hydrogen-bond acceptors (Lipinski definition) is 5. The van der Waals surface area contributed by atoms with Crippen LogP contribution < -0.4 is 19.5 Å². The van der Waals surface area contributed by atoms with Gasteiger partial charge in [-0.15, -0.1) is 0 Å². The zero-order valence-electron chi connectivity index (χ0n) is 17.9. The monoisotopic (exact) mass is 482 g/mol. The van der Waals surface area contributed by atoms with Gasteiger partial charge in [0.15, 0.2) is 11.5 Å². The summed E-state index contributed by atoms with van der Waals surface area (Å²) in [4.78, 5) is 12.6. The van der Waals surface area contributed by atoms with Gasteiger partial charge in [-0.3, -0.25) is 4.79 Å². The Hall–Kier alpha value is -3.66. The summed E-state index contributed by atoms with van der Waals surface area (Å²) in [6, 6.07) is 19.2. The number of hydrogen-bond donors (Lipinski definition) is 1. The van der Waals surface area contributed by atoms with Crippen molar-refractivity contribution in [2.75, 3.05) is 19.5 Å². The molecule has 1 N–H and O–H groups in total. The molecule has 6 nitrogen and oxygen atoms in total. The zero-order valence-corrected chi connectivity index (χ0v) is 19.4. The van der Waals surface area contributed by atoms with Crippen molar-refractivity contribution in [1.82, 2.24) is 0 Å². The number of rotatable bonds is 8. The van der Waals surface area contributed by atoms with Gasteiger partial charge in [0.1, 0.15) is 24.0 Å². The van der Waals surface area contributed by atoms with E-state index in [1.807, 2.05) is 18.2 Å². The molecule has 0 fully saturated rings. The van der Waals surface area contributed by atoms with Crippen LogP contribution in [0.1, 0.15) is 11.1 Å². The van der Waals surface area contributed by atoms with Gasteiger partial charge in [0.05, 0.1) is 19.2 Å². The van der Waals surface area contributed by atoms with Crippen molar-refractivity contribution in [1.29, 1.82) is 5.26 Å². The normalized spacial score (nSPS) is 10.8. The predicted octanol–water partition coefficient (Wildman–Crippen LogP) is 6.14. The number of carbonyl (C=O) groups is 1. The van der Waals surface area contributed by atoms with Gasteiger partial charge in [-0.25, -0.2) is 0 Å². The minimum atomic E-state index is -0.555. The van der Waals surface area contributed by atoms with Crippen LogP contribution in [0.15, 0.2) is 66.2 Å². The lowest BCUT2D eigenvalue weighted by atomic mass is 10.1. The van der Waals surface area contributed by atoms with Crippen molar-refractivity contribution in [3.8, 4) is 23.3 Å². The molecule has 0 spiro atoms. The van der Waals surface area contributed by atoms with Crippen molar-refractivity contribution in [3.63, 3.8) is 0 Å². The highest BCUT2D eigenvalue weighted by Gasteiger charge is 2.15. The van der Waals surface area contributed by atoms with Gasteiger partial charge in [0.25, 0.3) is 5.91 Å². The third-order valence-corrected chi connectivity index (χ3v) is 5.10. The molecule has 0 aliphatic heterocycles. The van der Waals surface area contributed by atoms with E-state index in [0.29, 0.717) is 33.5 Å². The quantitative estimate of drug-likeness (QED) is 0.308. The van der Waals surface area contributed by atoms with E-state index in [4.69, 9.17) is 37.4 Å². The number of nitrogens with one attached hydrogen (secondary N) is 1. The fourth-order valence-electron chi connectivity index (χ4n) is 2.89. The average molecular weight is 483 g/mol. The Bertz CT molecular complexity index is 1200. The lowest BCUT2D eigenvalue weighted by Crippen LogP contribution is -2.13. The second kappa shape index (κ2) is 11.3. The third kappa shape index (κ3) is 6.42. The first kappa shape index (κ1) is 24.0. The van der Waals surface area contributed by atoms with Crippen LogP contribution in [-0.2, 0) is 11.4 Å². The largest absolute Gasteiger partial charge is 0.497 e. The molecule has 0 heterocycles. The van der Waals surface area contributed by atoms with Crippen LogP contribution in [0, 0.1) is 11.3 Å². The number of carbonyl (C=O) groups excluding carboxylic acids is 1. The number of methoxy groups -OCH3 is 2. The molecule has 0 aliphatic carbocycles. The van der Waals surface area contributed by atoms with Gasteiger partial charge >= 0.3 is 0 Å². The minimum Gasteiger partial charge on any atom is -0.497 e. The fraction of sp³-hybridized carbons (Fsp3) is 0.120. The summed E-state index contributed by atoms with van der Waals surface area (Å²) in [7, 11) is 3.04. The van der Waals surface area contributed by atoms with Crippen LogP contribution >= 0.6 is 23.2 Å². The summed E-state index contributed by atoms with van der Waals surface area (Å²) in [5.74, 6) is 0.827. The summed E-state index contributed by atoms with van der Waals surface area (Å²) in [6.07, 6.45) is 1.43. The van der Waals surface area contributed by atoms with Gasteiger partial charge in [-0.1, -0.05) is 35.3 Å². The molecule has 3 rings (SSSR count). The number of nitriles is 1. The van der Waals surface area contributed by atoms with Crippen molar-refractivity contribution >= 4 is 40.9 Å². The Balaban J connectivity index is 1.79. The molecule has 168 valence electrons. The Labute approximate surface area is 201 Å². The van der Waals surface area contributed by atoms with Gasteiger partial charge in [-0.2, -0.15) is 5.26 Å². The van der Waals surface area contributed by atoms with Crippen LogP contribution in [0.4, 0.5) is 5.69 Å². The average Bonchev–Trinajstić information content (AvgIpc) is 2.83. The smallest absolute Gasteiger partial charge is 0.266 e. The minimum absolute atomic E-state index is 0.0984. The van der Waals surface area contributed by atoms with E-state index in [1.54, 1.807) is 55.6 Å². The fourth-order valence-corrected chi connectivity index (χ4v) is 3.29. The van der Waals surface area contributed by atoms with Crippen LogP contribution in [0.3, 0.4) is 0 Å². The first-order valence-electron chi connectivity index (χ1n) is 9.75. The highest BCUT2D eigenvalue weighted by atomic mass is 35.5. The first-order chi connectivity index (χ1) is 15.9. The molecule has 0 aliphatic rings. The Morgan fingerprint density at radius 3 is 2.33 bits per heavy atom. The number of anilines is 1. The molecule has 0 radical (unpaired) electrons. The molecule has 0 bridgehead atoms. The summed E-state index contributed by atoms with van der Waals surface area (Å²) in [6.45, 7) is 0.260. The topological polar surface area (TPSA) is 80.6 Å². The molecule has 0 atom stereocenters. The maximum Gasteiger partial charge on any atom is 0.266 e. The summed E-state index contributed by atoms with van der Waals surface area (Å²) in [5.41, 5.74) is 1.85. The van der Waals surface area contributed by atoms with E-state index < -0.39 is 5.91 Å². The summed E-state index contributed by atoms with van der Waals surface area (Å²) in [5, 5.41) is 13.1. The maximum atomic E-state index is 12.6. The van der Waals surface area contributed by atoms with E-state index in [9.17, 15) is 10.1 Å². The van der Waals surface area contributed by atoms with E-state index in [2.05, 4.69) is 5.32 Å². The molecule has 3 aromatic rings. The SMILES string of the molecule is COc1ccc(NC(=O)/C(C#N)=C\c2cc(Cl)c(OCc3ccc(Cl)cc3)c(OC)c2)cc1. The van der Waals surface area contributed by atoms with Crippen LogP contribution in [0.25, 0.3) is 6.08 Å². The Morgan fingerprint density at radius 1 is 1.03 bits per heavy atom. The van der Waals surface area contributed by atoms with E-state index in [-0.39, 0.29) is 17.2 Å². The molecular formula is C25H20Cl2N2O4. The summed E-state index contributed by atoms with van der Waals surface area (Å²) >= 11 is 12.3. The van der Waals surface area contributed by atoms with Gasteiger partial charge in [-0.05, 0) is 65.7 Å². The van der Waals surface area contributed by atoms with Crippen LogP contribution in [0.5, 0.6) is 17.2 Å². The van der Waals surface area contributed by atoms with Gasteiger partial charge in [0.2, 0.25) is 0 Å². The highest BCUT2D eigenvalue weighted by Crippen LogP contribution is 2.37. The standard InChI is InChI=1S/C25H20Cl2N2O4/c1-31-21-9-7-20(8-10-21)29-25(30)18(14-28)11-17-12-22(27)24(23(13-17)32-2)33-15-16-3-5-19(26)6-4-16/h3-13H,15H2,1-2H3,(H,29,30)/b18-11-. The van der Waals surface area contributed by atoms with Crippen LogP contribution in [-0.4, -0.2) is 20.1 Å². The van der Waals surface area contributed by atoms with Crippen LogP contribution in [0.2, 0.25) is 10.0 Å². The van der Waals surface area contributed by atoms with E-state index >= 15 is 0 Å². The van der Waals surface area contributed by atoms with Crippen molar-refractivity contribution in [2.24, 2.45) is 0 Å². The lowest BCUT2D eigenvalue weighted by molar-refractivity contribution is -0.112. The second-order valence-corrected chi connectivity index (χ2v) is 7.65. The molecule has 0 unspecified atom stereocenters. The number of nitrogens with zero attached hydrogens (tertiary/aromatic N) is 1. The first-order valence-corrected chi connectivity index (χ1v) is 10.5. The Kier molecular flexibility index (Phi) is 8.20. The molecule has 0 saturated heterocycles. The lowest BCUT2D eigenvalue weighted by Gasteiger charge is -2.14. The van der Waals surface area contributed by atoms with Crippen molar-refractivity contribution in [2.45, 2.75) is 6.61 Å². The number of benzene rings is 3. The highest BCUT2D eigenvalue weighted by molar-refractivity contribution is 6.32. The summed E-state index contributed by atoms with van der Waals surface area (Å²) < 4.78 is 16.3. The van der Waals surface area contributed by atoms with Crippen molar-refractivity contribution < 1.29 is 19.0 Å². The maximum absolute atomic E-state index is 12.6. The Morgan fingerprint density at radius 2 is 1.73 bits per heavy atom. The molecule has 33 heavy (non-hydrogen) atoms. The number of ether oxygens (including phenoxy) is 3. The molecular weight excluding hydrogens is 463 g/mol. The number of halogens is 2. The number of amides is 1.